The van der Waals surface area contributed by atoms with E-state index in [4.69, 9.17) is 4.74 Å². The van der Waals surface area contributed by atoms with Crippen molar-refractivity contribution in [1.29, 1.82) is 0 Å². The van der Waals surface area contributed by atoms with Gasteiger partial charge in [-0.2, -0.15) is 0 Å². The minimum atomic E-state index is -0.323. The number of aliphatic imine (C=N–C) groups is 1. The fourth-order valence-electron chi connectivity index (χ4n) is 3.07. The van der Waals surface area contributed by atoms with E-state index in [1.54, 1.807) is 0 Å². The second-order valence-electron chi connectivity index (χ2n) is 6.87. The zero-order valence-electron chi connectivity index (χ0n) is 15.7. The van der Waals surface area contributed by atoms with Crippen molar-refractivity contribution < 1.29 is 14.3 Å². The minimum Gasteiger partial charge on any atom is -0.469 e. The van der Waals surface area contributed by atoms with E-state index >= 15 is 0 Å². The van der Waals surface area contributed by atoms with E-state index < -0.39 is 0 Å². The number of ether oxygens (including phenoxy) is 1. The SMILES string of the molecule is COC(=O)CC1=CC(SCC(=O)N2CCC(C)CC2)=Nc2ccccc2N1. The molecule has 7 heteroatoms. The van der Waals surface area contributed by atoms with E-state index in [9.17, 15) is 9.59 Å². The van der Waals surface area contributed by atoms with Gasteiger partial charge in [0, 0.05) is 18.8 Å². The smallest absolute Gasteiger partial charge is 0.311 e. The van der Waals surface area contributed by atoms with Crippen LogP contribution in [0.4, 0.5) is 11.4 Å². The molecule has 6 nitrogen and oxygen atoms in total. The molecule has 0 spiro atoms. The summed E-state index contributed by atoms with van der Waals surface area (Å²) >= 11 is 1.41. The van der Waals surface area contributed by atoms with Crippen LogP contribution in [-0.4, -0.2) is 47.8 Å². The molecule has 1 aromatic rings. The number of nitrogens with one attached hydrogen (secondary N) is 1. The Hall–Kier alpha value is -2.28. The van der Waals surface area contributed by atoms with Crippen molar-refractivity contribution in [3.8, 4) is 0 Å². The number of methoxy groups -OCH3 is 1. The lowest BCUT2D eigenvalue weighted by Gasteiger charge is -2.30. The first kappa shape index (κ1) is 19.5. The monoisotopic (exact) mass is 387 g/mol. The van der Waals surface area contributed by atoms with Crippen molar-refractivity contribution in [2.45, 2.75) is 26.2 Å². The number of esters is 1. The van der Waals surface area contributed by atoms with Gasteiger partial charge in [0.2, 0.25) is 5.91 Å². The normalized spacial score (nSPS) is 17.2. The Morgan fingerprint density at radius 2 is 2.04 bits per heavy atom. The van der Waals surface area contributed by atoms with E-state index in [1.807, 2.05) is 35.2 Å². The van der Waals surface area contributed by atoms with Crippen LogP contribution in [-0.2, 0) is 14.3 Å². The van der Waals surface area contributed by atoms with E-state index in [-0.39, 0.29) is 18.3 Å². The van der Waals surface area contributed by atoms with E-state index in [0.29, 0.717) is 22.4 Å². The van der Waals surface area contributed by atoms with Crippen molar-refractivity contribution in [2.24, 2.45) is 10.9 Å². The van der Waals surface area contributed by atoms with Gasteiger partial charge in [-0.05, 0) is 37.0 Å². The lowest BCUT2D eigenvalue weighted by Crippen LogP contribution is -2.39. The Bertz CT molecular complexity index is 767. The summed E-state index contributed by atoms with van der Waals surface area (Å²) in [6.45, 7) is 3.90. The summed E-state index contributed by atoms with van der Waals surface area (Å²) in [5.41, 5.74) is 2.33. The van der Waals surface area contributed by atoms with Crippen LogP contribution in [0, 0.1) is 5.92 Å². The second kappa shape index (κ2) is 9.08. The van der Waals surface area contributed by atoms with Gasteiger partial charge in [0.05, 0.1) is 35.7 Å². The molecule has 0 atom stereocenters. The van der Waals surface area contributed by atoms with Gasteiger partial charge in [-0.3, -0.25) is 9.59 Å². The van der Waals surface area contributed by atoms with Gasteiger partial charge < -0.3 is 15.0 Å². The summed E-state index contributed by atoms with van der Waals surface area (Å²) in [5, 5.41) is 3.96. The minimum absolute atomic E-state index is 0.127. The molecule has 0 saturated carbocycles. The van der Waals surface area contributed by atoms with Crippen LogP contribution in [0.15, 0.2) is 41.0 Å². The van der Waals surface area contributed by atoms with Crippen molar-refractivity contribution in [1.82, 2.24) is 4.90 Å². The van der Waals surface area contributed by atoms with Crippen LogP contribution in [0.3, 0.4) is 0 Å². The standard InChI is InChI=1S/C20H25N3O3S/c1-14-7-9-23(10-8-14)19(24)13-27-18-11-15(12-20(25)26-2)21-16-5-3-4-6-17(16)22-18/h3-6,11,14,21H,7-10,12-13H2,1-2H3. The number of benzene rings is 1. The van der Waals surface area contributed by atoms with Gasteiger partial charge >= 0.3 is 5.97 Å². The molecule has 144 valence electrons. The quantitative estimate of drug-likeness (QED) is 0.800. The lowest BCUT2D eigenvalue weighted by molar-refractivity contribution is -0.139. The Morgan fingerprint density at radius 1 is 1.30 bits per heavy atom. The third kappa shape index (κ3) is 5.35. The molecule has 0 radical (unpaired) electrons. The molecule has 0 aliphatic carbocycles. The molecule has 1 amide bonds. The van der Waals surface area contributed by atoms with E-state index in [2.05, 4.69) is 17.2 Å². The maximum Gasteiger partial charge on any atom is 0.311 e. The highest BCUT2D eigenvalue weighted by atomic mass is 32.2. The number of fused-ring (bicyclic) bond motifs is 1. The van der Waals surface area contributed by atoms with Gasteiger partial charge in [0.1, 0.15) is 0 Å². The highest BCUT2D eigenvalue weighted by Gasteiger charge is 2.21. The van der Waals surface area contributed by atoms with Crippen molar-refractivity contribution in [2.75, 3.05) is 31.3 Å². The number of nitrogens with zero attached hydrogens (tertiary/aromatic N) is 2. The third-order valence-electron chi connectivity index (χ3n) is 4.77. The summed E-state index contributed by atoms with van der Waals surface area (Å²) in [4.78, 5) is 30.8. The van der Waals surface area contributed by atoms with Gasteiger partial charge in [-0.1, -0.05) is 30.8 Å². The van der Waals surface area contributed by atoms with Crippen LogP contribution in [0.25, 0.3) is 0 Å². The fourth-order valence-corrected chi connectivity index (χ4v) is 3.91. The first-order chi connectivity index (χ1) is 13.0. The van der Waals surface area contributed by atoms with Crippen LogP contribution < -0.4 is 5.32 Å². The lowest BCUT2D eigenvalue weighted by atomic mass is 9.99. The van der Waals surface area contributed by atoms with E-state index in [1.165, 1.54) is 18.9 Å². The molecule has 2 aliphatic heterocycles. The molecule has 3 rings (SSSR count). The second-order valence-corrected chi connectivity index (χ2v) is 7.86. The number of likely N-dealkylation sites (tertiary alicyclic amines) is 1. The summed E-state index contributed by atoms with van der Waals surface area (Å²) in [6.07, 6.45) is 4.09. The predicted octanol–water partition coefficient (Wildman–Crippen LogP) is 3.58. The summed E-state index contributed by atoms with van der Waals surface area (Å²) in [6, 6.07) is 7.65. The molecular weight excluding hydrogens is 362 g/mol. The molecule has 2 heterocycles. The number of carbonyl (C=O) groups excluding carboxylic acids is 2. The van der Waals surface area contributed by atoms with Crippen molar-refractivity contribution in [3.63, 3.8) is 0 Å². The molecule has 2 aliphatic rings. The van der Waals surface area contributed by atoms with Gasteiger partial charge in [-0.25, -0.2) is 4.99 Å². The molecule has 1 N–H and O–H groups in total. The third-order valence-corrected chi connectivity index (χ3v) is 5.67. The van der Waals surface area contributed by atoms with Crippen molar-refractivity contribution >= 4 is 40.1 Å². The maximum absolute atomic E-state index is 12.5. The summed E-state index contributed by atoms with van der Waals surface area (Å²) < 4.78 is 4.78. The highest BCUT2D eigenvalue weighted by Crippen LogP contribution is 2.31. The number of anilines is 1. The number of amides is 1. The number of carbonyl (C=O) groups is 2. The topological polar surface area (TPSA) is 71.0 Å². The summed E-state index contributed by atoms with van der Waals surface area (Å²) in [5.74, 6) is 0.857. The molecule has 0 bridgehead atoms. The largest absolute Gasteiger partial charge is 0.469 e. The van der Waals surface area contributed by atoms with Crippen LogP contribution in [0.2, 0.25) is 0 Å². The fraction of sp³-hybridized carbons (Fsp3) is 0.450. The zero-order valence-corrected chi connectivity index (χ0v) is 16.6. The van der Waals surface area contributed by atoms with Gasteiger partial charge in [-0.15, -0.1) is 0 Å². The predicted molar refractivity (Wildman–Crippen MR) is 109 cm³/mol. The zero-order chi connectivity index (χ0) is 19.2. The summed E-state index contributed by atoms with van der Waals surface area (Å²) in [7, 11) is 1.37. The van der Waals surface area contributed by atoms with Gasteiger partial charge in [0.15, 0.2) is 0 Å². The first-order valence-electron chi connectivity index (χ1n) is 9.18. The first-order valence-corrected chi connectivity index (χ1v) is 10.2. The Kier molecular flexibility index (Phi) is 6.55. The van der Waals surface area contributed by atoms with Crippen LogP contribution in [0.5, 0.6) is 0 Å². The average molecular weight is 388 g/mol. The highest BCUT2D eigenvalue weighted by molar-refractivity contribution is 8.14. The number of thioether (sulfide) groups is 1. The Balaban J connectivity index is 1.71. The number of hydrogen-bond acceptors (Lipinski definition) is 6. The molecule has 27 heavy (non-hydrogen) atoms. The average Bonchev–Trinajstić information content (AvgIpc) is 2.85. The number of rotatable bonds is 4. The molecule has 0 unspecified atom stereocenters. The molecule has 1 saturated heterocycles. The molecular formula is C20H25N3O3S. The van der Waals surface area contributed by atoms with Crippen LogP contribution in [0.1, 0.15) is 26.2 Å². The molecule has 0 aromatic heterocycles. The van der Waals surface area contributed by atoms with E-state index in [0.717, 1.165) is 37.3 Å². The number of piperidine rings is 1. The van der Waals surface area contributed by atoms with Gasteiger partial charge in [0.25, 0.3) is 0 Å². The Morgan fingerprint density at radius 3 is 2.78 bits per heavy atom. The number of hydrogen-bond donors (Lipinski definition) is 1. The number of para-hydroxylation sites is 2. The maximum atomic E-state index is 12.5. The Labute approximate surface area is 164 Å². The van der Waals surface area contributed by atoms with Crippen molar-refractivity contribution in [3.05, 3.63) is 36.0 Å². The van der Waals surface area contributed by atoms with Crippen LogP contribution >= 0.6 is 11.8 Å². The molecule has 1 fully saturated rings. The molecule has 1 aromatic carbocycles.